The minimum Gasteiger partial charge on any atom is -0.350 e. The van der Waals surface area contributed by atoms with Gasteiger partial charge < -0.3 is 5.32 Å². The van der Waals surface area contributed by atoms with E-state index < -0.39 is 0 Å². The zero-order valence-electron chi connectivity index (χ0n) is 14.1. The van der Waals surface area contributed by atoms with Gasteiger partial charge in [0.2, 0.25) is 0 Å². The Kier molecular flexibility index (Phi) is 4.89. The molecule has 24 heavy (non-hydrogen) atoms. The second kappa shape index (κ2) is 7.25. The van der Waals surface area contributed by atoms with Gasteiger partial charge in [0.1, 0.15) is 5.52 Å². The van der Waals surface area contributed by atoms with Gasteiger partial charge in [0.25, 0.3) is 5.91 Å². The van der Waals surface area contributed by atoms with Gasteiger partial charge >= 0.3 is 0 Å². The number of hydrogen-bond donors (Lipinski definition) is 1. The Morgan fingerprint density at radius 3 is 2.67 bits per heavy atom. The molecule has 1 N–H and O–H groups in total. The predicted octanol–water partition coefficient (Wildman–Crippen LogP) is 3.40. The standard InChI is InChI=1S/C19H22N4O/c1-3-6-14(2)20-19(24)16-11-9-15(10-12-16)13-23-18-8-5-4-7-17(18)21-22-23/h4-5,7-12,14H,3,6,13H2,1-2H3,(H,20,24)/t14-/m0/s1. The van der Waals surface area contributed by atoms with Crippen molar-refractivity contribution in [2.45, 2.75) is 39.3 Å². The lowest BCUT2D eigenvalue weighted by atomic mass is 10.1. The van der Waals surface area contributed by atoms with Gasteiger partial charge in [-0.15, -0.1) is 5.10 Å². The molecule has 0 aliphatic heterocycles. The molecule has 0 aliphatic rings. The third-order valence-corrected chi connectivity index (χ3v) is 4.07. The van der Waals surface area contributed by atoms with Gasteiger partial charge in [0, 0.05) is 11.6 Å². The van der Waals surface area contributed by atoms with Crippen molar-refractivity contribution in [2.24, 2.45) is 0 Å². The molecule has 0 fully saturated rings. The number of carbonyl (C=O) groups is 1. The van der Waals surface area contributed by atoms with Gasteiger partial charge in [-0.1, -0.05) is 42.8 Å². The third kappa shape index (κ3) is 3.62. The van der Waals surface area contributed by atoms with Crippen molar-refractivity contribution in [1.29, 1.82) is 0 Å². The van der Waals surface area contributed by atoms with Crippen LogP contribution in [-0.4, -0.2) is 26.9 Å². The number of aromatic nitrogens is 3. The second-order valence-electron chi connectivity index (χ2n) is 6.10. The molecule has 0 aliphatic carbocycles. The van der Waals surface area contributed by atoms with Crippen LogP contribution in [0, 0.1) is 0 Å². The molecule has 3 aromatic rings. The van der Waals surface area contributed by atoms with Crippen LogP contribution in [0.1, 0.15) is 42.6 Å². The number of fused-ring (bicyclic) bond motifs is 1. The maximum absolute atomic E-state index is 12.2. The molecule has 0 bridgehead atoms. The molecule has 1 atom stereocenters. The molecule has 0 saturated carbocycles. The molecule has 1 amide bonds. The summed E-state index contributed by atoms with van der Waals surface area (Å²) in [5.41, 5.74) is 3.67. The van der Waals surface area contributed by atoms with Gasteiger partial charge in [-0.05, 0) is 43.2 Å². The summed E-state index contributed by atoms with van der Waals surface area (Å²) in [6.07, 6.45) is 2.05. The van der Waals surface area contributed by atoms with Crippen LogP contribution in [0.5, 0.6) is 0 Å². The number of amides is 1. The van der Waals surface area contributed by atoms with E-state index in [1.165, 1.54) is 0 Å². The maximum atomic E-state index is 12.2. The van der Waals surface area contributed by atoms with Crippen molar-refractivity contribution in [3.63, 3.8) is 0 Å². The number of para-hydroxylation sites is 1. The molecule has 5 nitrogen and oxygen atoms in total. The highest BCUT2D eigenvalue weighted by Crippen LogP contribution is 2.13. The minimum atomic E-state index is -0.0197. The Hall–Kier alpha value is -2.69. The minimum absolute atomic E-state index is 0.0197. The van der Waals surface area contributed by atoms with E-state index in [-0.39, 0.29) is 11.9 Å². The molecular formula is C19H22N4O. The smallest absolute Gasteiger partial charge is 0.251 e. The van der Waals surface area contributed by atoms with E-state index in [1.807, 2.05) is 60.1 Å². The first-order valence-electron chi connectivity index (χ1n) is 8.35. The van der Waals surface area contributed by atoms with Crippen LogP contribution in [0.3, 0.4) is 0 Å². The fourth-order valence-corrected chi connectivity index (χ4v) is 2.78. The average molecular weight is 322 g/mol. The Balaban J connectivity index is 1.69. The van der Waals surface area contributed by atoms with Gasteiger partial charge in [-0.2, -0.15) is 0 Å². The molecule has 1 heterocycles. The van der Waals surface area contributed by atoms with E-state index in [0.717, 1.165) is 29.4 Å². The number of nitrogens with one attached hydrogen (secondary N) is 1. The molecule has 2 aromatic carbocycles. The van der Waals surface area contributed by atoms with Crippen LogP contribution < -0.4 is 5.32 Å². The summed E-state index contributed by atoms with van der Waals surface area (Å²) in [4.78, 5) is 12.2. The molecule has 3 rings (SSSR count). The summed E-state index contributed by atoms with van der Waals surface area (Å²) in [5.74, 6) is -0.0197. The van der Waals surface area contributed by atoms with Crippen molar-refractivity contribution < 1.29 is 4.79 Å². The Labute approximate surface area is 141 Å². The molecule has 5 heteroatoms. The first-order valence-corrected chi connectivity index (χ1v) is 8.35. The van der Waals surface area contributed by atoms with Crippen molar-refractivity contribution >= 4 is 16.9 Å². The van der Waals surface area contributed by atoms with Gasteiger partial charge in [-0.25, -0.2) is 4.68 Å². The summed E-state index contributed by atoms with van der Waals surface area (Å²) < 4.78 is 1.87. The van der Waals surface area contributed by atoms with E-state index >= 15 is 0 Å². The lowest BCUT2D eigenvalue weighted by molar-refractivity contribution is 0.0938. The number of carbonyl (C=O) groups excluding carboxylic acids is 1. The highest BCUT2D eigenvalue weighted by atomic mass is 16.1. The van der Waals surface area contributed by atoms with E-state index in [2.05, 4.69) is 22.6 Å². The van der Waals surface area contributed by atoms with Gasteiger partial charge in [0.15, 0.2) is 0 Å². The maximum Gasteiger partial charge on any atom is 0.251 e. The molecule has 0 radical (unpaired) electrons. The number of rotatable bonds is 6. The number of hydrogen-bond acceptors (Lipinski definition) is 3. The van der Waals surface area contributed by atoms with Crippen LogP contribution in [0.15, 0.2) is 48.5 Å². The quantitative estimate of drug-likeness (QED) is 0.756. The average Bonchev–Trinajstić information content (AvgIpc) is 2.99. The molecule has 0 spiro atoms. The Morgan fingerprint density at radius 1 is 1.17 bits per heavy atom. The molecule has 1 aromatic heterocycles. The first-order chi connectivity index (χ1) is 11.7. The first kappa shape index (κ1) is 16.2. The highest BCUT2D eigenvalue weighted by Gasteiger charge is 2.09. The van der Waals surface area contributed by atoms with E-state index in [9.17, 15) is 4.79 Å². The monoisotopic (exact) mass is 322 g/mol. The van der Waals surface area contributed by atoms with Crippen molar-refractivity contribution in [2.75, 3.05) is 0 Å². The van der Waals surface area contributed by atoms with Crippen LogP contribution in [0.25, 0.3) is 11.0 Å². The predicted molar refractivity (Wildman–Crippen MR) is 94.9 cm³/mol. The van der Waals surface area contributed by atoms with Gasteiger partial charge in [-0.3, -0.25) is 4.79 Å². The Bertz CT molecular complexity index is 823. The summed E-state index contributed by atoms with van der Waals surface area (Å²) in [6.45, 7) is 4.78. The van der Waals surface area contributed by atoms with Crippen LogP contribution >= 0.6 is 0 Å². The third-order valence-electron chi connectivity index (χ3n) is 4.07. The molecule has 124 valence electrons. The van der Waals surface area contributed by atoms with Crippen molar-refractivity contribution in [3.05, 3.63) is 59.7 Å². The largest absolute Gasteiger partial charge is 0.350 e. The topological polar surface area (TPSA) is 59.8 Å². The van der Waals surface area contributed by atoms with E-state index in [0.29, 0.717) is 12.1 Å². The summed E-state index contributed by atoms with van der Waals surface area (Å²) in [7, 11) is 0. The lowest BCUT2D eigenvalue weighted by Gasteiger charge is -2.13. The number of benzene rings is 2. The van der Waals surface area contributed by atoms with E-state index in [1.54, 1.807) is 0 Å². The van der Waals surface area contributed by atoms with Crippen LogP contribution in [0.4, 0.5) is 0 Å². The Morgan fingerprint density at radius 2 is 1.92 bits per heavy atom. The van der Waals surface area contributed by atoms with E-state index in [4.69, 9.17) is 0 Å². The van der Waals surface area contributed by atoms with Crippen molar-refractivity contribution in [1.82, 2.24) is 20.3 Å². The van der Waals surface area contributed by atoms with Crippen molar-refractivity contribution in [3.8, 4) is 0 Å². The zero-order valence-corrected chi connectivity index (χ0v) is 14.1. The highest BCUT2D eigenvalue weighted by molar-refractivity contribution is 5.94. The normalized spacial score (nSPS) is 12.2. The summed E-state index contributed by atoms with van der Waals surface area (Å²) in [6, 6.07) is 15.7. The lowest BCUT2D eigenvalue weighted by Crippen LogP contribution is -2.32. The van der Waals surface area contributed by atoms with Crippen LogP contribution in [0.2, 0.25) is 0 Å². The molecule has 0 unspecified atom stereocenters. The second-order valence-corrected chi connectivity index (χ2v) is 6.10. The zero-order chi connectivity index (χ0) is 16.9. The fourth-order valence-electron chi connectivity index (χ4n) is 2.78. The summed E-state index contributed by atoms with van der Waals surface area (Å²) in [5, 5.41) is 11.4. The molecular weight excluding hydrogens is 300 g/mol. The number of nitrogens with zero attached hydrogens (tertiary/aromatic N) is 3. The summed E-state index contributed by atoms with van der Waals surface area (Å²) >= 11 is 0. The molecule has 0 saturated heterocycles. The van der Waals surface area contributed by atoms with Crippen LogP contribution in [-0.2, 0) is 6.54 Å². The SMILES string of the molecule is CCC[C@H](C)NC(=O)c1ccc(Cn2nnc3ccccc32)cc1. The van der Waals surface area contributed by atoms with Gasteiger partial charge in [0.05, 0.1) is 12.1 Å². The fraction of sp³-hybridized carbons (Fsp3) is 0.316.